The molecule has 1 aromatic rings. The molecule has 2 heterocycles. The number of nitrogens with zero attached hydrogens (tertiary/aromatic N) is 1. The minimum atomic E-state index is 0. The van der Waals surface area contributed by atoms with Crippen LogP contribution in [0.2, 0.25) is 0 Å². The van der Waals surface area contributed by atoms with Crippen molar-refractivity contribution in [2.45, 2.75) is 25.3 Å². The molecule has 2 nitrogen and oxygen atoms in total. The van der Waals surface area contributed by atoms with Crippen LogP contribution in [-0.4, -0.2) is 37.1 Å². The van der Waals surface area contributed by atoms with E-state index in [4.69, 9.17) is 0 Å². The van der Waals surface area contributed by atoms with Crippen molar-refractivity contribution in [1.82, 2.24) is 10.2 Å². The number of nitrogens with one attached hydrogen (secondary N) is 1. The lowest BCUT2D eigenvalue weighted by Gasteiger charge is -2.34. The number of fused-ring (bicyclic) bond motifs is 1. The highest BCUT2D eigenvalue weighted by atomic mass is 35.5. The Morgan fingerprint density at radius 2 is 2.00 bits per heavy atom. The fourth-order valence-electron chi connectivity index (χ4n) is 3.23. The molecule has 2 fully saturated rings. The molecule has 0 aromatic heterocycles. The third-order valence-corrected chi connectivity index (χ3v) is 4.32. The second kappa shape index (κ2) is 6.55. The first-order chi connectivity index (χ1) is 8.42. The lowest BCUT2D eigenvalue weighted by Crippen LogP contribution is -2.46. The molecule has 2 unspecified atom stereocenters. The maximum atomic E-state index is 3.65. The molecule has 0 amide bonds. The van der Waals surface area contributed by atoms with Crippen molar-refractivity contribution in [1.29, 1.82) is 0 Å². The van der Waals surface area contributed by atoms with Gasteiger partial charge in [-0.05, 0) is 43.8 Å². The number of benzene rings is 1. The highest BCUT2D eigenvalue weighted by molar-refractivity contribution is 5.85. The van der Waals surface area contributed by atoms with Crippen molar-refractivity contribution in [2.75, 3.05) is 26.2 Å². The Balaban J connectivity index is 0.00000120. The summed E-state index contributed by atoms with van der Waals surface area (Å²) in [6, 6.07) is 11.6. The monoisotopic (exact) mass is 266 g/mol. The molecule has 0 saturated carbocycles. The largest absolute Gasteiger partial charge is 0.312 e. The zero-order valence-electron chi connectivity index (χ0n) is 10.8. The number of rotatable bonds is 3. The number of piperidine rings is 1. The number of hydrogen-bond acceptors (Lipinski definition) is 2. The van der Waals surface area contributed by atoms with Gasteiger partial charge in [0, 0.05) is 19.1 Å². The van der Waals surface area contributed by atoms with Gasteiger partial charge in [-0.2, -0.15) is 0 Å². The molecule has 0 spiro atoms. The van der Waals surface area contributed by atoms with Crippen molar-refractivity contribution >= 4 is 12.4 Å². The Bertz CT molecular complexity index is 355. The smallest absolute Gasteiger partial charge is 0.0224 e. The van der Waals surface area contributed by atoms with E-state index in [2.05, 4.69) is 40.5 Å². The Hall–Kier alpha value is -0.570. The van der Waals surface area contributed by atoms with Gasteiger partial charge in [0.2, 0.25) is 0 Å². The van der Waals surface area contributed by atoms with Crippen molar-refractivity contribution < 1.29 is 0 Å². The van der Waals surface area contributed by atoms with Crippen LogP contribution in [0.15, 0.2) is 30.3 Å². The predicted octanol–water partition coefficient (Wildman–Crippen LogP) is 2.33. The van der Waals surface area contributed by atoms with E-state index in [0.29, 0.717) is 0 Å². The van der Waals surface area contributed by atoms with Crippen LogP contribution in [-0.2, 0) is 6.42 Å². The topological polar surface area (TPSA) is 15.3 Å². The van der Waals surface area contributed by atoms with E-state index in [-0.39, 0.29) is 12.4 Å². The first-order valence-corrected chi connectivity index (χ1v) is 6.91. The highest BCUT2D eigenvalue weighted by Crippen LogP contribution is 2.25. The molecule has 1 N–H and O–H groups in total. The van der Waals surface area contributed by atoms with Gasteiger partial charge in [-0.3, -0.25) is 0 Å². The molecule has 2 aliphatic rings. The molecule has 1 aromatic carbocycles. The van der Waals surface area contributed by atoms with Crippen molar-refractivity contribution in [2.24, 2.45) is 5.92 Å². The zero-order chi connectivity index (χ0) is 11.5. The van der Waals surface area contributed by atoms with E-state index in [1.807, 2.05) is 0 Å². The van der Waals surface area contributed by atoms with E-state index in [1.54, 1.807) is 0 Å². The fourth-order valence-corrected chi connectivity index (χ4v) is 3.23. The third kappa shape index (κ3) is 3.25. The first-order valence-electron chi connectivity index (χ1n) is 6.91. The van der Waals surface area contributed by atoms with Gasteiger partial charge < -0.3 is 10.2 Å². The predicted molar refractivity (Wildman–Crippen MR) is 78.3 cm³/mol. The Labute approximate surface area is 116 Å². The molecule has 3 rings (SSSR count). The molecule has 0 radical (unpaired) electrons. The van der Waals surface area contributed by atoms with Gasteiger partial charge in [0.1, 0.15) is 0 Å². The summed E-state index contributed by atoms with van der Waals surface area (Å²) in [7, 11) is 0. The van der Waals surface area contributed by atoms with Crippen LogP contribution < -0.4 is 5.32 Å². The van der Waals surface area contributed by atoms with Crippen LogP contribution in [0.4, 0.5) is 0 Å². The van der Waals surface area contributed by atoms with Gasteiger partial charge in [0.05, 0.1) is 0 Å². The first kappa shape index (κ1) is 13.9. The van der Waals surface area contributed by atoms with Crippen LogP contribution in [0.5, 0.6) is 0 Å². The lowest BCUT2D eigenvalue weighted by atomic mass is 9.92. The minimum absolute atomic E-state index is 0. The normalized spacial score (nSPS) is 27.6. The molecular weight excluding hydrogens is 244 g/mol. The van der Waals surface area contributed by atoms with Crippen molar-refractivity contribution in [3.05, 3.63) is 35.9 Å². The lowest BCUT2D eigenvalue weighted by molar-refractivity contribution is 0.168. The van der Waals surface area contributed by atoms with E-state index in [0.717, 1.165) is 12.0 Å². The molecule has 0 bridgehead atoms. The van der Waals surface area contributed by atoms with Crippen LogP contribution in [0, 0.1) is 5.92 Å². The van der Waals surface area contributed by atoms with Crippen molar-refractivity contribution in [3.8, 4) is 0 Å². The maximum absolute atomic E-state index is 3.65. The fraction of sp³-hybridized carbons (Fsp3) is 0.600. The minimum Gasteiger partial charge on any atom is -0.312 e. The van der Waals surface area contributed by atoms with Crippen LogP contribution >= 0.6 is 12.4 Å². The van der Waals surface area contributed by atoms with Gasteiger partial charge in [-0.25, -0.2) is 0 Å². The number of halogens is 1. The van der Waals surface area contributed by atoms with E-state index in [9.17, 15) is 0 Å². The van der Waals surface area contributed by atoms with Gasteiger partial charge in [-0.1, -0.05) is 30.3 Å². The number of hydrogen-bond donors (Lipinski definition) is 1. The zero-order valence-corrected chi connectivity index (χ0v) is 11.7. The second-order valence-electron chi connectivity index (χ2n) is 5.43. The quantitative estimate of drug-likeness (QED) is 0.904. The summed E-state index contributed by atoms with van der Waals surface area (Å²) in [5.41, 5.74) is 1.47. The molecular formula is C15H23ClN2. The molecule has 2 saturated heterocycles. The summed E-state index contributed by atoms with van der Waals surface area (Å²) in [5, 5.41) is 3.65. The Morgan fingerprint density at radius 1 is 1.17 bits per heavy atom. The average molecular weight is 267 g/mol. The van der Waals surface area contributed by atoms with Gasteiger partial charge in [0.25, 0.3) is 0 Å². The molecule has 18 heavy (non-hydrogen) atoms. The highest BCUT2D eigenvalue weighted by Gasteiger charge is 2.31. The average Bonchev–Trinajstić information content (AvgIpc) is 2.85. The summed E-state index contributed by atoms with van der Waals surface area (Å²) < 4.78 is 0. The molecule has 3 heteroatoms. The van der Waals surface area contributed by atoms with E-state index >= 15 is 0 Å². The van der Waals surface area contributed by atoms with Crippen molar-refractivity contribution in [3.63, 3.8) is 0 Å². The summed E-state index contributed by atoms with van der Waals surface area (Å²) in [6.07, 6.45) is 3.99. The summed E-state index contributed by atoms with van der Waals surface area (Å²) in [6.45, 7) is 5.02. The Kier molecular flexibility index (Phi) is 5.04. The summed E-state index contributed by atoms with van der Waals surface area (Å²) >= 11 is 0. The van der Waals surface area contributed by atoms with Gasteiger partial charge >= 0.3 is 0 Å². The molecule has 2 atom stereocenters. The van der Waals surface area contributed by atoms with Crippen LogP contribution in [0.1, 0.15) is 18.4 Å². The molecule has 100 valence electrons. The Morgan fingerprint density at radius 3 is 2.83 bits per heavy atom. The summed E-state index contributed by atoms with van der Waals surface area (Å²) in [5.74, 6) is 0.961. The van der Waals surface area contributed by atoms with Crippen LogP contribution in [0.25, 0.3) is 0 Å². The molecule has 0 aliphatic carbocycles. The number of likely N-dealkylation sites (tertiary alicyclic amines) is 1. The standard InChI is InChI=1S/C15H22N2.ClH/c1-2-4-13(5-3-1)7-10-17-11-8-14-6-9-16-15(14)12-17;/h1-5,14-16H,6-12H2;1H. The summed E-state index contributed by atoms with van der Waals surface area (Å²) in [4.78, 5) is 2.63. The van der Waals surface area contributed by atoms with Crippen LogP contribution in [0.3, 0.4) is 0 Å². The SMILES string of the molecule is Cl.c1ccc(CCN2CCC3CCNC3C2)cc1. The maximum Gasteiger partial charge on any atom is 0.0224 e. The second-order valence-corrected chi connectivity index (χ2v) is 5.43. The van der Waals surface area contributed by atoms with E-state index in [1.165, 1.54) is 51.0 Å². The molecule has 2 aliphatic heterocycles. The van der Waals surface area contributed by atoms with Gasteiger partial charge in [-0.15, -0.1) is 12.4 Å². The van der Waals surface area contributed by atoms with Gasteiger partial charge in [0.15, 0.2) is 0 Å². The van der Waals surface area contributed by atoms with E-state index < -0.39 is 0 Å². The third-order valence-electron chi connectivity index (χ3n) is 4.32.